The van der Waals surface area contributed by atoms with Gasteiger partial charge in [0.25, 0.3) is 0 Å². The zero-order valence-corrected chi connectivity index (χ0v) is 10.4. The number of aliphatic imine (C=N–C) groups is 1. The summed E-state index contributed by atoms with van der Waals surface area (Å²) in [6, 6.07) is 0. The Morgan fingerprint density at radius 1 is 1.56 bits per heavy atom. The lowest BCUT2D eigenvalue weighted by Gasteiger charge is -2.36. The van der Waals surface area contributed by atoms with Crippen molar-refractivity contribution in [2.75, 3.05) is 26.2 Å². The third-order valence-electron chi connectivity index (χ3n) is 2.47. The molecule has 5 heteroatoms. The van der Waals surface area contributed by atoms with Crippen LogP contribution >= 0.6 is 0 Å². The lowest BCUT2D eigenvalue weighted by Crippen LogP contribution is -2.52. The van der Waals surface area contributed by atoms with Gasteiger partial charge in [0.15, 0.2) is 5.96 Å². The highest BCUT2D eigenvalue weighted by molar-refractivity contribution is 5.78. The predicted octanol–water partition coefficient (Wildman–Crippen LogP) is 0.0387. The molecular formula is C11H23N3O2. The van der Waals surface area contributed by atoms with Gasteiger partial charge in [0.1, 0.15) is 0 Å². The van der Waals surface area contributed by atoms with E-state index in [4.69, 9.17) is 15.6 Å². The van der Waals surface area contributed by atoms with E-state index in [0.717, 1.165) is 13.1 Å². The number of hydrogen-bond acceptors (Lipinski definition) is 3. The first-order valence-corrected chi connectivity index (χ1v) is 5.84. The Morgan fingerprint density at radius 3 is 2.81 bits per heavy atom. The van der Waals surface area contributed by atoms with Gasteiger partial charge in [-0.25, -0.2) is 0 Å². The molecule has 1 aliphatic rings. The molecule has 3 N–H and O–H groups in total. The van der Waals surface area contributed by atoms with Crippen LogP contribution in [0.3, 0.4) is 0 Å². The zero-order chi connectivity index (χ0) is 12.1. The number of ether oxygens (including phenoxy) is 1. The van der Waals surface area contributed by atoms with Crippen molar-refractivity contribution in [3.8, 4) is 0 Å². The molecule has 0 radical (unpaired) electrons. The van der Waals surface area contributed by atoms with E-state index in [1.807, 2.05) is 11.8 Å². The van der Waals surface area contributed by atoms with Crippen LogP contribution in [0.1, 0.15) is 20.8 Å². The molecule has 1 aliphatic heterocycles. The molecule has 0 amide bonds. The van der Waals surface area contributed by atoms with Crippen LogP contribution in [0.2, 0.25) is 0 Å². The van der Waals surface area contributed by atoms with Crippen LogP contribution in [-0.4, -0.2) is 54.4 Å². The number of aliphatic hydroxyl groups excluding tert-OH is 1. The van der Waals surface area contributed by atoms with E-state index in [-0.39, 0.29) is 18.8 Å². The van der Waals surface area contributed by atoms with Crippen molar-refractivity contribution in [3.63, 3.8) is 0 Å². The van der Waals surface area contributed by atoms with Gasteiger partial charge in [-0.1, -0.05) is 13.8 Å². The molecule has 0 aliphatic carbocycles. The Labute approximate surface area is 97.3 Å². The minimum absolute atomic E-state index is 0.0261. The number of morpholine rings is 1. The van der Waals surface area contributed by atoms with Crippen molar-refractivity contribution >= 4 is 5.96 Å². The van der Waals surface area contributed by atoms with Crippen LogP contribution in [0.5, 0.6) is 0 Å². The Bertz CT molecular complexity index is 243. The largest absolute Gasteiger partial charge is 0.394 e. The highest BCUT2D eigenvalue weighted by Gasteiger charge is 2.25. The Morgan fingerprint density at radius 2 is 2.25 bits per heavy atom. The number of aliphatic hydroxyl groups is 1. The van der Waals surface area contributed by atoms with E-state index < -0.39 is 0 Å². The van der Waals surface area contributed by atoms with Crippen LogP contribution in [0, 0.1) is 5.92 Å². The van der Waals surface area contributed by atoms with Crippen molar-refractivity contribution in [1.82, 2.24) is 4.90 Å². The van der Waals surface area contributed by atoms with Gasteiger partial charge in [-0.2, -0.15) is 0 Å². The third-order valence-corrected chi connectivity index (χ3v) is 2.47. The quantitative estimate of drug-likeness (QED) is 0.529. The van der Waals surface area contributed by atoms with Crippen molar-refractivity contribution < 1.29 is 9.84 Å². The molecule has 0 spiro atoms. The summed E-state index contributed by atoms with van der Waals surface area (Å²) in [6.45, 7) is 8.31. The van der Waals surface area contributed by atoms with Crippen LogP contribution in [0.4, 0.5) is 0 Å². The van der Waals surface area contributed by atoms with Crippen LogP contribution in [-0.2, 0) is 4.74 Å². The van der Waals surface area contributed by atoms with E-state index in [0.29, 0.717) is 18.4 Å². The molecule has 1 heterocycles. The Balaban J connectivity index is 2.54. The Kier molecular flexibility index (Phi) is 5.02. The van der Waals surface area contributed by atoms with Crippen molar-refractivity contribution in [2.45, 2.75) is 33.0 Å². The molecule has 94 valence electrons. The van der Waals surface area contributed by atoms with E-state index in [1.165, 1.54) is 0 Å². The van der Waals surface area contributed by atoms with Crippen molar-refractivity contribution in [1.29, 1.82) is 0 Å². The molecule has 5 nitrogen and oxygen atoms in total. The van der Waals surface area contributed by atoms with Gasteiger partial charge < -0.3 is 20.5 Å². The lowest BCUT2D eigenvalue weighted by molar-refractivity contribution is -0.0787. The van der Waals surface area contributed by atoms with Crippen LogP contribution in [0.15, 0.2) is 4.99 Å². The van der Waals surface area contributed by atoms with Gasteiger partial charge in [0.05, 0.1) is 18.8 Å². The maximum atomic E-state index is 9.09. The smallest absolute Gasteiger partial charge is 0.191 e. The highest BCUT2D eigenvalue weighted by Crippen LogP contribution is 2.10. The van der Waals surface area contributed by atoms with E-state index in [2.05, 4.69) is 18.8 Å². The molecule has 16 heavy (non-hydrogen) atoms. The molecule has 1 saturated heterocycles. The molecule has 0 aromatic carbocycles. The normalized spacial score (nSPS) is 27.6. The maximum Gasteiger partial charge on any atom is 0.191 e. The predicted molar refractivity (Wildman–Crippen MR) is 64.3 cm³/mol. The molecule has 0 bridgehead atoms. The zero-order valence-electron chi connectivity index (χ0n) is 10.4. The first kappa shape index (κ1) is 13.3. The second-order valence-corrected chi connectivity index (χ2v) is 4.75. The SMILES string of the molecule is CC(C)CN=C(N)N1CC(C)OC(CO)C1. The van der Waals surface area contributed by atoms with Gasteiger partial charge in [0, 0.05) is 19.6 Å². The summed E-state index contributed by atoms with van der Waals surface area (Å²) in [7, 11) is 0. The summed E-state index contributed by atoms with van der Waals surface area (Å²) in [5.74, 6) is 1.06. The Hall–Kier alpha value is -0.810. The first-order chi connectivity index (χ1) is 7.52. The summed E-state index contributed by atoms with van der Waals surface area (Å²) >= 11 is 0. The number of nitrogens with two attached hydrogens (primary N) is 1. The number of guanidine groups is 1. The van der Waals surface area contributed by atoms with Crippen molar-refractivity contribution in [3.05, 3.63) is 0 Å². The molecule has 0 aromatic rings. The van der Waals surface area contributed by atoms with E-state index in [9.17, 15) is 0 Å². The highest BCUT2D eigenvalue weighted by atomic mass is 16.5. The summed E-state index contributed by atoms with van der Waals surface area (Å²) in [6.07, 6.45) is -0.0738. The van der Waals surface area contributed by atoms with Gasteiger partial charge in [-0.3, -0.25) is 4.99 Å². The second kappa shape index (κ2) is 6.06. The van der Waals surface area contributed by atoms with Gasteiger partial charge in [-0.05, 0) is 12.8 Å². The minimum atomic E-state index is -0.156. The number of rotatable bonds is 3. The summed E-state index contributed by atoms with van der Waals surface area (Å²) in [5.41, 5.74) is 5.91. The average molecular weight is 229 g/mol. The topological polar surface area (TPSA) is 71.1 Å². The fraction of sp³-hybridized carbons (Fsp3) is 0.909. The summed E-state index contributed by atoms with van der Waals surface area (Å²) in [5, 5.41) is 9.09. The number of nitrogens with zero attached hydrogens (tertiary/aromatic N) is 2. The summed E-state index contributed by atoms with van der Waals surface area (Å²) in [4.78, 5) is 6.32. The van der Waals surface area contributed by atoms with Gasteiger partial charge >= 0.3 is 0 Å². The molecule has 2 unspecified atom stereocenters. The fourth-order valence-corrected chi connectivity index (χ4v) is 1.71. The maximum absolute atomic E-state index is 9.09. The second-order valence-electron chi connectivity index (χ2n) is 4.75. The monoisotopic (exact) mass is 229 g/mol. The van der Waals surface area contributed by atoms with Crippen LogP contribution in [0.25, 0.3) is 0 Å². The van der Waals surface area contributed by atoms with E-state index >= 15 is 0 Å². The standard InChI is InChI=1S/C11H23N3O2/c1-8(2)4-13-11(12)14-5-9(3)16-10(6-14)7-15/h8-10,15H,4-7H2,1-3H3,(H2,12,13). The average Bonchev–Trinajstić information content (AvgIpc) is 2.24. The van der Waals surface area contributed by atoms with E-state index in [1.54, 1.807) is 0 Å². The molecule has 0 aromatic heterocycles. The first-order valence-electron chi connectivity index (χ1n) is 5.84. The van der Waals surface area contributed by atoms with Gasteiger partial charge in [-0.15, -0.1) is 0 Å². The lowest BCUT2D eigenvalue weighted by atomic mass is 10.2. The molecule has 1 rings (SSSR count). The fourth-order valence-electron chi connectivity index (χ4n) is 1.71. The number of hydrogen-bond donors (Lipinski definition) is 2. The molecule has 0 saturated carbocycles. The molecule has 1 fully saturated rings. The van der Waals surface area contributed by atoms with Crippen LogP contribution < -0.4 is 5.73 Å². The summed E-state index contributed by atoms with van der Waals surface area (Å²) < 4.78 is 5.54. The molecular weight excluding hydrogens is 206 g/mol. The third kappa shape index (κ3) is 3.98. The minimum Gasteiger partial charge on any atom is -0.394 e. The van der Waals surface area contributed by atoms with Gasteiger partial charge in [0.2, 0.25) is 0 Å². The van der Waals surface area contributed by atoms with Crippen molar-refractivity contribution in [2.24, 2.45) is 16.6 Å². The molecule has 2 atom stereocenters.